The number of nitrogens with zero attached hydrogens (tertiary/aromatic N) is 6. The van der Waals surface area contributed by atoms with Gasteiger partial charge in [0.2, 0.25) is 11.3 Å². The molecule has 5 rings (SSSR count). The molecule has 4 heterocycles. The highest BCUT2D eigenvalue weighted by molar-refractivity contribution is 6.31. The normalized spacial score (nSPS) is 15.2. The number of nitriles is 1. The van der Waals surface area contributed by atoms with Crippen molar-refractivity contribution in [3.05, 3.63) is 75.4 Å². The number of anilines is 1. The summed E-state index contributed by atoms with van der Waals surface area (Å²) in [6.45, 7) is 1.00. The third kappa shape index (κ3) is 4.14. The van der Waals surface area contributed by atoms with Crippen LogP contribution in [0.25, 0.3) is 16.6 Å². The first-order valence-corrected chi connectivity index (χ1v) is 11.6. The maximum Gasteiger partial charge on any atom is 0.341 e. The van der Waals surface area contributed by atoms with E-state index >= 15 is 0 Å². The van der Waals surface area contributed by atoms with Crippen molar-refractivity contribution < 1.29 is 14.6 Å². The number of fused-ring (bicyclic) bond motifs is 1. The van der Waals surface area contributed by atoms with Gasteiger partial charge in [0.05, 0.1) is 34.7 Å². The van der Waals surface area contributed by atoms with E-state index in [0.717, 1.165) is 12.8 Å². The average Bonchev–Trinajstić information content (AvgIpc) is 3.51. The van der Waals surface area contributed by atoms with Gasteiger partial charge in [0.1, 0.15) is 23.3 Å². The summed E-state index contributed by atoms with van der Waals surface area (Å²) in [5.41, 5.74) is 0.957. The summed E-state index contributed by atoms with van der Waals surface area (Å²) < 4.78 is 9.09. The van der Waals surface area contributed by atoms with E-state index in [9.17, 15) is 20.0 Å². The highest BCUT2D eigenvalue weighted by Gasteiger charge is 2.29. The van der Waals surface area contributed by atoms with E-state index in [-0.39, 0.29) is 22.6 Å². The highest BCUT2D eigenvalue weighted by Crippen LogP contribution is 2.33. The Balaban J connectivity index is 1.62. The number of carboxylic acids is 1. The van der Waals surface area contributed by atoms with Crippen molar-refractivity contribution in [2.24, 2.45) is 7.05 Å². The summed E-state index contributed by atoms with van der Waals surface area (Å²) in [4.78, 5) is 31.1. The molecule has 0 amide bonds. The Morgan fingerprint density at radius 2 is 2.19 bits per heavy atom. The Morgan fingerprint density at radius 1 is 1.36 bits per heavy atom. The van der Waals surface area contributed by atoms with Gasteiger partial charge in [-0.25, -0.2) is 9.78 Å². The fraction of sp³-hybridized carbons (Fsp3) is 0.240. The van der Waals surface area contributed by atoms with Gasteiger partial charge < -0.3 is 19.3 Å². The summed E-state index contributed by atoms with van der Waals surface area (Å²) in [5.74, 6) is -0.997. The molecular weight excluding hydrogens is 484 g/mol. The Kier molecular flexibility index (Phi) is 6.08. The van der Waals surface area contributed by atoms with Crippen LogP contribution in [-0.2, 0) is 7.05 Å². The number of aromatic nitrogens is 4. The predicted molar refractivity (Wildman–Crippen MR) is 133 cm³/mol. The topological polar surface area (TPSA) is 126 Å². The van der Waals surface area contributed by atoms with Crippen LogP contribution in [0, 0.1) is 11.3 Å². The first-order chi connectivity index (χ1) is 17.4. The van der Waals surface area contributed by atoms with Gasteiger partial charge in [-0.15, -0.1) is 0 Å². The minimum atomic E-state index is -1.34. The summed E-state index contributed by atoms with van der Waals surface area (Å²) >= 11 is 6.18. The van der Waals surface area contributed by atoms with E-state index in [1.807, 2.05) is 0 Å². The molecule has 1 aliphatic rings. The summed E-state index contributed by atoms with van der Waals surface area (Å²) in [5, 5.41) is 24.3. The number of hydrogen-bond acceptors (Lipinski definition) is 7. The lowest BCUT2D eigenvalue weighted by molar-refractivity contribution is 0.0695. The van der Waals surface area contributed by atoms with Crippen LogP contribution in [0.4, 0.5) is 5.69 Å². The molecule has 1 aliphatic heterocycles. The van der Waals surface area contributed by atoms with E-state index in [1.165, 1.54) is 12.3 Å². The van der Waals surface area contributed by atoms with Crippen LogP contribution in [0.2, 0.25) is 5.02 Å². The van der Waals surface area contributed by atoms with E-state index in [1.54, 1.807) is 53.1 Å². The third-order valence-corrected chi connectivity index (χ3v) is 6.55. The molecule has 1 aromatic carbocycles. The quantitative estimate of drug-likeness (QED) is 0.423. The van der Waals surface area contributed by atoms with Crippen molar-refractivity contribution in [3.63, 3.8) is 0 Å². The Labute approximate surface area is 210 Å². The molecule has 0 spiro atoms. The number of hydrogen-bond donors (Lipinski definition) is 1. The molecule has 11 heteroatoms. The molecule has 1 N–H and O–H groups in total. The van der Waals surface area contributed by atoms with Crippen LogP contribution >= 0.6 is 11.6 Å². The van der Waals surface area contributed by atoms with Gasteiger partial charge in [-0.2, -0.15) is 10.4 Å². The highest BCUT2D eigenvalue weighted by atomic mass is 35.5. The Bertz CT molecular complexity index is 1590. The SMILES string of the molecule is Cn1cc(-n2cc(C(=O)O)c(=O)c3cc(C#N)c(N4CCC[C@@H]4COc4ncccc4Cl)cc32)cn1. The van der Waals surface area contributed by atoms with Gasteiger partial charge >= 0.3 is 5.97 Å². The lowest BCUT2D eigenvalue weighted by Crippen LogP contribution is -2.35. The maximum absolute atomic E-state index is 13.0. The lowest BCUT2D eigenvalue weighted by atomic mass is 10.0. The van der Waals surface area contributed by atoms with Gasteiger partial charge in [-0.3, -0.25) is 9.48 Å². The molecule has 1 fully saturated rings. The number of aryl methyl sites for hydroxylation is 1. The van der Waals surface area contributed by atoms with Gasteiger partial charge in [0, 0.05) is 37.6 Å². The molecule has 1 atom stereocenters. The first-order valence-electron chi connectivity index (χ1n) is 11.2. The molecule has 0 unspecified atom stereocenters. The van der Waals surface area contributed by atoms with Gasteiger partial charge in [-0.05, 0) is 37.1 Å². The fourth-order valence-electron chi connectivity index (χ4n) is 4.57. The average molecular weight is 505 g/mol. The number of carbonyl (C=O) groups is 1. The van der Waals surface area contributed by atoms with Crippen molar-refractivity contribution in [3.8, 4) is 17.6 Å². The van der Waals surface area contributed by atoms with Crippen LogP contribution in [-0.4, -0.2) is 49.6 Å². The third-order valence-electron chi connectivity index (χ3n) is 6.27. The molecule has 0 bridgehead atoms. The molecule has 3 aromatic heterocycles. The molecule has 10 nitrogen and oxygen atoms in total. The zero-order chi connectivity index (χ0) is 25.4. The minimum Gasteiger partial charge on any atom is -0.477 e. The number of benzene rings is 1. The second kappa shape index (κ2) is 9.36. The number of carboxylic acid groups (broad SMARTS) is 1. The minimum absolute atomic E-state index is 0.0514. The Hall–Kier alpha value is -4.36. The molecule has 0 radical (unpaired) electrons. The summed E-state index contributed by atoms with van der Waals surface area (Å²) in [7, 11) is 1.74. The largest absolute Gasteiger partial charge is 0.477 e. The second-order valence-corrected chi connectivity index (χ2v) is 8.92. The summed E-state index contributed by atoms with van der Waals surface area (Å²) in [6.07, 6.45) is 7.93. The monoisotopic (exact) mass is 504 g/mol. The van der Waals surface area contributed by atoms with Crippen LogP contribution in [0.15, 0.2) is 53.8 Å². The van der Waals surface area contributed by atoms with E-state index in [0.29, 0.717) is 40.9 Å². The van der Waals surface area contributed by atoms with Gasteiger partial charge in [0.25, 0.3) is 0 Å². The number of halogens is 1. The maximum atomic E-state index is 13.0. The van der Waals surface area contributed by atoms with E-state index in [4.69, 9.17) is 16.3 Å². The predicted octanol–water partition coefficient (Wildman–Crippen LogP) is 3.39. The smallest absolute Gasteiger partial charge is 0.341 e. The van der Waals surface area contributed by atoms with Crippen LogP contribution in [0.5, 0.6) is 5.88 Å². The number of aromatic carboxylic acids is 1. The zero-order valence-electron chi connectivity index (χ0n) is 19.3. The number of rotatable bonds is 6. The van der Waals surface area contributed by atoms with Crippen molar-refractivity contribution in [2.45, 2.75) is 18.9 Å². The standard InChI is InChI=1S/C25H21ClN6O4/c1-30-12-17(11-29-30)32-13-19(25(34)35)23(33)18-8-15(10-27)21(9-22(18)32)31-7-3-4-16(31)14-36-24-20(26)5-2-6-28-24/h2,5-6,8-9,11-13,16H,3-4,7,14H2,1H3,(H,34,35)/t16-/m1/s1. The van der Waals surface area contributed by atoms with Gasteiger partial charge in [0.15, 0.2) is 0 Å². The molecule has 182 valence electrons. The van der Waals surface area contributed by atoms with Crippen molar-refractivity contribution >= 4 is 34.2 Å². The lowest BCUT2D eigenvalue weighted by Gasteiger charge is -2.28. The summed E-state index contributed by atoms with van der Waals surface area (Å²) in [6, 6.07) is 8.79. The first kappa shape index (κ1) is 23.4. The zero-order valence-corrected chi connectivity index (χ0v) is 20.0. The van der Waals surface area contributed by atoms with Crippen LogP contribution in [0.1, 0.15) is 28.8 Å². The van der Waals surface area contributed by atoms with Gasteiger partial charge in [-0.1, -0.05) is 11.6 Å². The molecule has 1 saturated heterocycles. The van der Waals surface area contributed by atoms with E-state index in [2.05, 4.69) is 21.1 Å². The number of ether oxygens (including phenoxy) is 1. The number of pyridine rings is 2. The fourth-order valence-corrected chi connectivity index (χ4v) is 4.74. The van der Waals surface area contributed by atoms with Crippen LogP contribution < -0.4 is 15.1 Å². The molecule has 36 heavy (non-hydrogen) atoms. The molecule has 0 saturated carbocycles. The van der Waals surface area contributed by atoms with E-state index < -0.39 is 11.4 Å². The molecular formula is C25H21ClN6O4. The van der Waals surface area contributed by atoms with Crippen molar-refractivity contribution in [1.29, 1.82) is 5.26 Å². The van der Waals surface area contributed by atoms with Crippen molar-refractivity contribution in [1.82, 2.24) is 19.3 Å². The molecule has 0 aliphatic carbocycles. The Morgan fingerprint density at radius 3 is 2.89 bits per heavy atom. The molecule has 4 aromatic rings. The second-order valence-electron chi connectivity index (χ2n) is 8.51. The van der Waals surface area contributed by atoms with Crippen molar-refractivity contribution in [2.75, 3.05) is 18.1 Å². The van der Waals surface area contributed by atoms with Crippen LogP contribution in [0.3, 0.4) is 0 Å².